The summed E-state index contributed by atoms with van der Waals surface area (Å²) in [4.78, 5) is 22.6. The number of carbonyl (C=O) groups is 1. The lowest BCUT2D eigenvalue weighted by Crippen LogP contribution is -2.48. The molecular formula is C25H31N3O4. The van der Waals surface area contributed by atoms with E-state index < -0.39 is 24.2 Å². The molecule has 7 nitrogen and oxygen atoms in total. The first-order valence-electron chi connectivity index (χ1n) is 11.1. The standard InChI is InChI=1S/C25H31N3O4/c1-16(18-8-4-3-5-9-18)28-23(21(15-29)24(32-28)17(2)30)25(31)26-13-12-19-14-27-22-11-7-6-10-20(19)22/h3-11,14,16-17,21,23-24,27,29-30H,12-13,15H2,1-2H3,(H,26,31)/t16?,17-,21-,23-,24-/m0/s1. The van der Waals surface area contributed by atoms with E-state index in [4.69, 9.17) is 4.84 Å². The lowest BCUT2D eigenvalue weighted by Gasteiger charge is -2.29. The number of rotatable bonds is 8. The molecule has 2 heterocycles. The van der Waals surface area contributed by atoms with Gasteiger partial charge in [-0.1, -0.05) is 48.5 Å². The van der Waals surface area contributed by atoms with Crippen LogP contribution in [-0.4, -0.2) is 57.6 Å². The fourth-order valence-corrected chi connectivity index (χ4v) is 4.59. The molecule has 1 aliphatic rings. The number of carbonyl (C=O) groups excluding carboxylic acids is 1. The van der Waals surface area contributed by atoms with Gasteiger partial charge >= 0.3 is 0 Å². The van der Waals surface area contributed by atoms with Crippen molar-refractivity contribution in [1.82, 2.24) is 15.4 Å². The van der Waals surface area contributed by atoms with Crippen LogP contribution in [0.2, 0.25) is 0 Å². The SMILES string of the molecule is CC(c1ccccc1)N1O[C@@H]([C@H](C)O)[C@@H](CO)[C@H]1C(=O)NCCc1c[nH]c2ccccc12. The van der Waals surface area contributed by atoms with Gasteiger partial charge in [-0.15, -0.1) is 0 Å². The van der Waals surface area contributed by atoms with Crippen LogP contribution in [0.1, 0.15) is 31.0 Å². The van der Waals surface area contributed by atoms with Gasteiger partial charge in [0.2, 0.25) is 5.91 Å². The van der Waals surface area contributed by atoms with Crippen molar-refractivity contribution in [3.8, 4) is 0 Å². The number of aliphatic hydroxyl groups excluding tert-OH is 2. The molecule has 4 rings (SSSR count). The van der Waals surface area contributed by atoms with Gasteiger partial charge < -0.3 is 20.5 Å². The summed E-state index contributed by atoms with van der Waals surface area (Å²) in [5.74, 6) is -0.746. The summed E-state index contributed by atoms with van der Waals surface area (Å²) in [5.41, 5.74) is 3.20. The monoisotopic (exact) mass is 437 g/mol. The Balaban J connectivity index is 1.49. The lowest BCUT2D eigenvalue weighted by molar-refractivity contribution is -0.206. The summed E-state index contributed by atoms with van der Waals surface area (Å²) in [6.45, 7) is 3.78. The number of nitrogens with zero attached hydrogens (tertiary/aromatic N) is 1. The first-order chi connectivity index (χ1) is 15.5. The number of amides is 1. The number of H-pyrrole nitrogens is 1. The zero-order valence-corrected chi connectivity index (χ0v) is 18.4. The highest BCUT2D eigenvalue weighted by Crippen LogP contribution is 2.36. The van der Waals surface area contributed by atoms with Crippen LogP contribution in [0.5, 0.6) is 0 Å². The van der Waals surface area contributed by atoms with E-state index in [0.717, 1.165) is 22.0 Å². The smallest absolute Gasteiger partial charge is 0.240 e. The average Bonchev–Trinajstić information content (AvgIpc) is 3.41. The number of fused-ring (bicyclic) bond motifs is 1. The van der Waals surface area contributed by atoms with E-state index in [-0.39, 0.29) is 18.6 Å². The van der Waals surface area contributed by atoms with E-state index in [1.165, 1.54) is 0 Å². The molecule has 1 aliphatic heterocycles. The molecular weight excluding hydrogens is 406 g/mol. The maximum atomic E-state index is 13.3. The Bertz CT molecular complexity index is 1040. The van der Waals surface area contributed by atoms with Crippen LogP contribution >= 0.6 is 0 Å². The second-order valence-corrected chi connectivity index (χ2v) is 8.45. The van der Waals surface area contributed by atoms with E-state index in [2.05, 4.69) is 16.4 Å². The molecule has 32 heavy (non-hydrogen) atoms. The van der Waals surface area contributed by atoms with Crippen molar-refractivity contribution >= 4 is 16.8 Å². The van der Waals surface area contributed by atoms with Crippen molar-refractivity contribution in [2.24, 2.45) is 5.92 Å². The minimum absolute atomic E-state index is 0.213. The molecule has 7 heteroatoms. The van der Waals surface area contributed by atoms with Crippen LogP contribution in [-0.2, 0) is 16.1 Å². The molecule has 0 aliphatic carbocycles. The van der Waals surface area contributed by atoms with Crippen LogP contribution in [0.4, 0.5) is 0 Å². The molecule has 2 aromatic carbocycles. The summed E-state index contributed by atoms with van der Waals surface area (Å²) >= 11 is 0. The second-order valence-electron chi connectivity index (χ2n) is 8.45. The number of nitrogens with one attached hydrogen (secondary N) is 2. The molecule has 1 unspecified atom stereocenters. The largest absolute Gasteiger partial charge is 0.396 e. The minimum Gasteiger partial charge on any atom is -0.396 e. The van der Waals surface area contributed by atoms with E-state index >= 15 is 0 Å². The van der Waals surface area contributed by atoms with Crippen molar-refractivity contribution in [2.45, 2.75) is 44.6 Å². The lowest BCUT2D eigenvalue weighted by atomic mass is 9.91. The fourth-order valence-electron chi connectivity index (χ4n) is 4.59. The number of hydrogen-bond acceptors (Lipinski definition) is 5. The Hall–Kier alpha value is -2.71. The Morgan fingerprint density at radius 3 is 2.59 bits per heavy atom. The van der Waals surface area contributed by atoms with Crippen molar-refractivity contribution in [3.63, 3.8) is 0 Å². The zero-order valence-electron chi connectivity index (χ0n) is 18.4. The number of aromatic nitrogens is 1. The van der Waals surface area contributed by atoms with E-state index in [1.807, 2.05) is 61.7 Å². The van der Waals surface area contributed by atoms with Gasteiger partial charge in [-0.3, -0.25) is 9.63 Å². The first kappa shape index (κ1) is 22.5. The molecule has 1 fully saturated rings. The molecule has 3 aromatic rings. The van der Waals surface area contributed by atoms with E-state index in [9.17, 15) is 15.0 Å². The van der Waals surface area contributed by atoms with Crippen molar-refractivity contribution in [3.05, 3.63) is 71.9 Å². The molecule has 0 saturated carbocycles. The van der Waals surface area contributed by atoms with Gasteiger partial charge in [-0.2, -0.15) is 5.06 Å². The molecule has 0 radical (unpaired) electrons. The highest BCUT2D eigenvalue weighted by molar-refractivity contribution is 5.84. The molecule has 4 N–H and O–H groups in total. The Labute approximate surface area is 188 Å². The average molecular weight is 438 g/mol. The predicted octanol–water partition coefficient (Wildman–Crippen LogP) is 2.56. The topological polar surface area (TPSA) is 97.8 Å². The third kappa shape index (κ3) is 4.42. The van der Waals surface area contributed by atoms with Gasteiger partial charge in [-0.05, 0) is 37.5 Å². The van der Waals surface area contributed by atoms with Crippen molar-refractivity contribution in [1.29, 1.82) is 0 Å². The van der Waals surface area contributed by atoms with Gasteiger partial charge in [0.15, 0.2) is 0 Å². The van der Waals surface area contributed by atoms with Gasteiger partial charge in [0.25, 0.3) is 0 Å². The summed E-state index contributed by atoms with van der Waals surface area (Å²) in [6, 6.07) is 16.9. The number of aromatic amines is 1. The van der Waals surface area contributed by atoms with Crippen LogP contribution in [0.3, 0.4) is 0 Å². The van der Waals surface area contributed by atoms with Crippen LogP contribution in [0.15, 0.2) is 60.8 Å². The Morgan fingerprint density at radius 1 is 1.16 bits per heavy atom. The normalized spacial score (nSPS) is 23.3. The molecule has 1 aromatic heterocycles. The van der Waals surface area contributed by atoms with E-state index in [1.54, 1.807) is 12.0 Å². The third-order valence-electron chi connectivity index (χ3n) is 6.33. The van der Waals surface area contributed by atoms with Crippen LogP contribution < -0.4 is 5.32 Å². The fraction of sp³-hybridized carbons (Fsp3) is 0.400. The highest BCUT2D eigenvalue weighted by Gasteiger charge is 2.50. The van der Waals surface area contributed by atoms with Crippen LogP contribution in [0, 0.1) is 5.92 Å². The van der Waals surface area contributed by atoms with Crippen LogP contribution in [0.25, 0.3) is 10.9 Å². The van der Waals surface area contributed by atoms with E-state index in [0.29, 0.717) is 13.0 Å². The number of benzene rings is 2. The molecule has 170 valence electrons. The Kier molecular flexibility index (Phi) is 6.91. The van der Waals surface area contributed by atoms with Gasteiger partial charge in [0, 0.05) is 29.6 Å². The third-order valence-corrected chi connectivity index (χ3v) is 6.33. The molecule has 5 atom stereocenters. The maximum Gasteiger partial charge on any atom is 0.240 e. The summed E-state index contributed by atoms with van der Waals surface area (Å²) in [5, 5.41) is 26.1. The summed E-state index contributed by atoms with van der Waals surface area (Å²) in [6.07, 6.45) is 1.18. The number of hydrogen-bond donors (Lipinski definition) is 4. The quantitative estimate of drug-likeness (QED) is 0.434. The molecule has 0 spiro atoms. The summed E-state index contributed by atoms with van der Waals surface area (Å²) in [7, 11) is 0. The summed E-state index contributed by atoms with van der Waals surface area (Å²) < 4.78 is 0. The number of hydroxylamine groups is 2. The Morgan fingerprint density at radius 2 is 1.88 bits per heavy atom. The second kappa shape index (κ2) is 9.83. The van der Waals surface area contributed by atoms with Crippen molar-refractivity contribution < 1.29 is 19.8 Å². The van der Waals surface area contributed by atoms with Gasteiger partial charge in [-0.25, -0.2) is 0 Å². The number of aliphatic hydroxyl groups is 2. The molecule has 1 amide bonds. The molecule has 0 bridgehead atoms. The number of para-hydroxylation sites is 1. The zero-order chi connectivity index (χ0) is 22.7. The van der Waals surface area contributed by atoms with Crippen molar-refractivity contribution in [2.75, 3.05) is 13.2 Å². The predicted molar refractivity (Wildman–Crippen MR) is 123 cm³/mol. The first-order valence-corrected chi connectivity index (χ1v) is 11.1. The van der Waals surface area contributed by atoms with Gasteiger partial charge in [0.1, 0.15) is 12.1 Å². The molecule has 1 saturated heterocycles. The van der Waals surface area contributed by atoms with Gasteiger partial charge in [0.05, 0.1) is 18.8 Å². The minimum atomic E-state index is -0.818. The highest BCUT2D eigenvalue weighted by atomic mass is 16.7. The maximum absolute atomic E-state index is 13.3.